The molecular formula is C32H43N7O2S. The van der Waals surface area contributed by atoms with Crippen molar-refractivity contribution in [2.45, 2.75) is 36.6 Å². The van der Waals surface area contributed by atoms with E-state index >= 15 is 0 Å². The van der Waals surface area contributed by atoms with Gasteiger partial charge in [-0.05, 0) is 62.4 Å². The number of rotatable bonds is 11. The molecule has 1 heterocycles. The molecule has 1 aromatic heterocycles. The van der Waals surface area contributed by atoms with Gasteiger partial charge >= 0.3 is 0 Å². The van der Waals surface area contributed by atoms with Gasteiger partial charge in [0.1, 0.15) is 5.82 Å². The summed E-state index contributed by atoms with van der Waals surface area (Å²) in [6, 6.07) is 19.8. The Kier molecular flexibility index (Phi) is 9.15. The molecule has 1 saturated carbocycles. The lowest BCUT2D eigenvalue weighted by atomic mass is 9.86. The monoisotopic (exact) mass is 589 g/mol. The van der Waals surface area contributed by atoms with Gasteiger partial charge in [0.05, 0.1) is 10.4 Å². The van der Waals surface area contributed by atoms with Crippen LogP contribution in [0.15, 0.2) is 65.6 Å². The molecule has 0 amide bonds. The van der Waals surface area contributed by atoms with E-state index in [0.29, 0.717) is 35.9 Å². The summed E-state index contributed by atoms with van der Waals surface area (Å²) in [5.74, 6) is 2.18. The first-order chi connectivity index (χ1) is 20.1. The van der Waals surface area contributed by atoms with Gasteiger partial charge in [-0.15, -0.1) is 0 Å². The highest BCUT2D eigenvalue weighted by Crippen LogP contribution is 2.32. The molecule has 1 fully saturated rings. The number of hydrogen-bond donors (Lipinski definition) is 2. The Morgan fingerprint density at radius 2 is 1.48 bits per heavy atom. The Hall–Kier alpha value is -3.47. The van der Waals surface area contributed by atoms with Gasteiger partial charge < -0.3 is 20.4 Å². The summed E-state index contributed by atoms with van der Waals surface area (Å²) < 4.78 is 28.5. The topological polar surface area (TPSA) is 93.7 Å². The van der Waals surface area contributed by atoms with Crippen molar-refractivity contribution in [3.8, 4) is 0 Å². The molecule has 5 rings (SSSR count). The first-order valence-electron chi connectivity index (χ1n) is 14.7. The summed E-state index contributed by atoms with van der Waals surface area (Å²) in [5.41, 5.74) is 1.95. The molecule has 0 spiro atoms. The second-order valence-corrected chi connectivity index (χ2v) is 13.7. The highest BCUT2D eigenvalue weighted by Gasteiger charge is 2.25. The maximum Gasteiger partial charge on any atom is 0.243 e. The lowest BCUT2D eigenvalue weighted by Gasteiger charge is -2.30. The van der Waals surface area contributed by atoms with Crippen LogP contribution in [0.2, 0.25) is 0 Å². The third-order valence-electron chi connectivity index (χ3n) is 8.25. The summed E-state index contributed by atoms with van der Waals surface area (Å²) in [4.78, 5) is 13.9. The van der Waals surface area contributed by atoms with Crippen LogP contribution in [0, 0.1) is 5.92 Å². The van der Waals surface area contributed by atoms with Crippen molar-refractivity contribution in [3.05, 3.63) is 60.7 Å². The number of likely N-dealkylation sites (N-methyl/N-ethyl adjacent to an activating group) is 1. The molecule has 0 unspecified atom stereocenters. The summed E-state index contributed by atoms with van der Waals surface area (Å²) in [7, 11) is 6.00. The van der Waals surface area contributed by atoms with Crippen LogP contribution in [-0.4, -0.2) is 83.6 Å². The SMILES string of the molecule is CN(C)c1nc(NC2CCC(CNCCN(C)S(=O)(=O)c3cccc4c(N(C)C)cccc34)CC2)nc2ccccc12. The highest BCUT2D eigenvalue weighted by atomic mass is 32.2. The summed E-state index contributed by atoms with van der Waals surface area (Å²) in [5, 5.41) is 9.83. The molecule has 0 saturated heterocycles. The molecule has 3 aromatic carbocycles. The van der Waals surface area contributed by atoms with Gasteiger partial charge in [0.2, 0.25) is 16.0 Å². The average Bonchev–Trinajstić information content (AvgIpc) is 2.98. The van der Waals surface area contributed by atoms with Crippen molar-refractivity contribution in [3.63, 3.8) is 0 Å². The van der Waals surface area contributed by atoms with E-state index in [-0.39, 0.29) is 0 Å². The molecule has 0 aliphatic heterocycles. The zero-order valence-electron chi connectivity index (χ0n) is 25.3. The van der Waals surface area contributed by atoms with E-state index in [4.69, 9.17) is 9.97 Å². The number of para-hydroxylation sites is 1. The van der Waals surface area contributed by atoms with Crippen molar-refractivity contribution >= 4 is 49.2 Å². The predicted octanol–water partition coefficient (Wildman–Crippen LogP) is 4.80. The van der Waals surface area contributed by atoms with E-state index in [0.717, 1.165) is 65.4 Å². The van der Waals surface area contributed by atoms with E-state index in [1.807, 2.05) is 86.5 Å². The average molecular weight is 590 g/mol. The van der Waals surface area contributed by atoms with Crippen LogP contribution < -0.4 is 20.4 Å². The number of nitrogens with one attached hydrogen (secondary N) is 2. The van der Waals surface area contributed by atoms with Crippen LogP contribution in [0.4, 0.5) is 17.5 Å². The normalized spacial score (nSPS) is 17.6. The molecule has 0 bridgehead atoms. The van der Waals surface area contributed by atoms with E-state index in [2.05, 4.69) is 16.7 Å². The van der Waals surface area contributed by atoms with Crippen molar-refractivity contribution in [1.29, 1.82) is 0 Å². The van der Waals surface area contributed by atoms with E-state index in [9.17, 15) is 8.42 Å². The minimum atomic E-state index is -3.62. The standard InChI is InChI=1S/C32H43N7O2S/c1-37(2)29-14-8-12-26-25(29)11-9-15-30(26)42(40,41)39(5)21-20-33-22-23-16-18-24(19-17-23)34-32-35-28-13-7-6-10-27(28)31(36-32)38(3)4/h6-15,23-24,33H,16-22H2,1-5H3,(H,34,35,36). The molecule has 0 radical (unpaired) electrons. The number of benzene rings is 3. The fraction of sp³-hybridized carbons (Fsp3) is 0.438. The molecule has 42 heavy (non-hydrogen) atoms. The van der Waals surface area contributed by atoms with Gasteiger partial charge in [-0.25, -0.2) is 13.4 Å². The Morgan fingerprint density at radius 1 is 0.786 bits per heavy atom. The Balaban J connectivity index is 1.11. The minimum Gasteiger partial charge on any atom is -0.377 e. The molecule has 1 aliphatic rings. The Morgan fingerprint density at radius 3 is 2.21 bits per heavy atom. The predicted molar refractivity (Wildman–Crippen MR) is 174 cm³/mol. The van der Waals surface area contributed by atoms with Gasteiger partial charge in [-0.2, -0.15) is 9.29 Å². The maximum atomic E-state index is 13.5. The van der Waals surface area contributed by atoms with Crippen molar-refractivity contribution < 1.29 is 8.42 Å². The maximum absolute atomic E-state index is 13.5. The Labute approximate surface area is 250 Å². The van der Waals surface area contributed by atoms with Crippen LogP contribution in [0.3, 0.4) is 0 Å². The highest BCUT2D eigenvalue weighted by molar-refractivity contribution is 7.89. The van der Waals surface area contributed by atoms with Crippen molar-refractivity contribution in [2.24, 2.45) is 5.92 Å². The lowest BCUT2D eigenvalue weighted by molar-refractivity contribution is 0.321. The molecule has 1 aliphatic carbocycles. The zero-order valence-corrected chi connectivity index (χ0v) is 26.2. The molecule has 10 heteroatoms. The summed E-state index contributed by atoms with van der Waals surface area (Å²) in [6.07, 6.45) is 4.34. The van der Waals surface area contributed by atoms with Crippen LogP contribution in [0.5, 0.6) is 0 Å². The van der Waals surface area contributed by atoms with Gasteiger partial charge in [0.15, 0.2) is 0 Å². The molecule has 2 N–H and O–H groups in total. The smallest absolute Gasteiger partial charge is 0.243 e. The largest absolute Gasteiger partial charge is 0.377 e. The van der Waals surface area contributed by atoms with Crippen LogP contribution >= 0.6 is 0 Å². The molecule has 0 atom stereocenters. The lowest BCUT2D eigenvalue weighted by Crippen LogP contribution is -2.37. The van der Waals surface area contributed by atoms with Crippen LogP contribution in [0.1, 0.15) is 25.7 Å². The number of hydrogen-bond acceptors (Lipinski definition) is 8. The fourth-order valence-electron chi connectivity index (χ4n) is 5.87. The van der Waals surface area contributed by atoms with Crippen molar-refractivity contribution in [1.82, 2.24) is 19.6 Å². The van der Waals surface area contributed by atoms with E-state index < -0.39 is 10.0 Å². The van der Waals surface area contributed by atoms with Gasteiger partial charge in [-0.3, -0.25) is 0 Å². The van der Waals surface area contributed by atoms with Gasteiger partial charge in [-0.1, -0.05) is 36.4 Å². The number of anilines is 3. The molecule has 224 valence electrons. The molecule has 4 aromatic rings. The third kappa shape index (κ3) is 6.45. The van der Waals surface area contributed by atoms with Crippen LogP contribution in [-0.2, 0) is 10.0 Å². The first-order valence-corrected chi connectivity index (χ1v) is 16.2. The third-order valence-corrected chi connectivity index (χ3v) is 10.2. The summed E-state index contributed by atoms with van der Waals surface area (Å²) in [6.45, 7) is 1.91. The molecule has 9 nitrogen and oxygen atoms in total. The minimum absolute atomic E-state index is 0.349. The fourth-order valence-corrected chi connectivity index (χ4v) is 7.24. The first kappa shape index (κ1) is 30.0. The molecular weight excluding hydrogens is 546 g/mol. The number of aromatic nitrogens is 2. The van der Waals surface area contributed by atoms with E-state index in [1.165, 1.54) is 4.31 Å². The second-order valence-electron chi connectivity index (χ2n) is 11.7. The zero-order chi connectivity index (χ0) is 29.9. The van der Waals surface area contributed by atoms with E-state index in [1.54, 1.807) is 13.1 Å². The summed E-state index contributed by atoms with van der Waals surface area (Å²) >= 11 is 0. The van der Waals surface area contributed by atoms with Crippen LogP contribution in [0.25, 0.3) is 21.7 Å². The Bertz CT molecular complexity index is 1630. The number of nitrogens with zero attached hydrogens (tertiary/aromatic N) is 5. The van der Waals surface area contributed by atoms with Gasteiger partial charge in [0, 0.05) is 76.2 Å². The number of fused-ring (bicyclic) bond motifs is 2. The quantitative estimate of drug-likeness (QED) is 0.241. The van der Waals surface area contributed by atoms with Gasteiger partial charge in [0.25, 0.3) is 0 Å². The van der Waals surface area contributed by atoms with Crippen molar-refractivity contribution in [2.75, 3.05) is 70.0 Å². The number of sulfonamides is 1. The second kappa shape index (κ2) is 12.8.